The molecule has 6 nitrogen and oxygen atoms in total. The van der Waals surface area contributed by atoms with Gasteiger partial charge < -0.3 is 15.0 Å². The monoisotopic (exact) mass is 501 g/mol. The Kier molecular flexibility index (Phi) is 5.60. The van der Waals surface area contributed by atoms with Crippen molar-refractivity contribution in [1.29, 1.82) is 0 Å². The number of nitrogens with zero attached hydrogens (tertiary/aromatic N) is 2. The number of ether oxygens (including phenoxy) is 1. The number of anilines is 1. The highest BCUT2D eigenvalue weighted by atomic mass is 16.5. The van der Waals surface area contributed by atoms with E-state index in [0.29, 0.717) is 17.0 Å². The highest BCUT2D eigenvalue weighted by molar-refractivity contribution is 6.19. The smallest absolute Gasteiger partial charge is 0.251 e. The van der Waals surface area contributed by atoms with Gasteiger partial charge in [-0.2, -0.15) is 0 Å². The van der Waals surface area contributed by atoms with Crippen LogP contribution in [0.4, 0.5) is 5.69 Å². The average Bonchev–Trinajstić information content (AvgIpc) is 2.94. The molecule has 0 saturated heterocycles. The molecule has 0 spiro atoms. The normalized spacial score (nSPS) is 16.6. The Labute approximate surface area is 220 Å². The van der Waals surface area contributed by atoms with Crippen molar-refractivity contribution in [1.82, 2.24) is 10.3 Å². The van der Waals surface area contributed by atoms with Crippen LogP contribution in [0.25, 0.3) is 21.7 Å². The van der Waals surface area contributed by atoms with Crippen molar-refractivity contribution < 1.29 is 14.3 Å². The number of hydrogen-bond donors (Lipinski definition) is 1. The molecule has 1 aliphatic heterocycles. The standard InChI is InChI=1S/C32H27N3O3/c1-20-12-14-21(15-13-20)30(36)33-19-32(2)29-28-25(10-7-11-27(28)35(3)31(32)37)24-17-16-23(18-26(24)34-29)38-22-8-5-4-6-9-22/h4-18H,19H2,1-3H3,(H,33,36). The lowest BCUT2D eigenvalue weighted by Gasteiger charge is -2.38. The second kappa shape index (κ2) is 8.99. The third-order valence-electron chi connectivity index (χ3n) is 7.33. The molecule has 1 unspecified atom stereocenters. The number of hydrogen-bond acceptors (Lipinski definition) is 4. The molecule has 1 atom stereocenters. The largest absolute Gasteiger partial charge is 0.457 e. The number of rotatable bonds is 5. The fraction of sp³-hybridized carbons (Fsp3) is 0.156. The van der Waals surface area contributed by atoms with Crippen LogP contribution < -0.4 is 15.0 Å². The zero-order valence-corrected chi connectivity index (χ0v) is 21.5. The molecule has 2 heterocycles. The number of carbonyl (C=O) groups excluding carboxylic acids is 2. The Morgan fingerprint density at radius 2 is 1.68 bits per heavy atom. The number of likely N-dealkylation sites (N-methyl/N-ethyl adjacent to an activating group) is 1. The van der Waals surface area contributed by atoms with Gasteiger partial charge >= 0.3 is 0 Å². The molecule has 4 aromatic carbocycles. The first-order chi connectivity index (χ1) is 18.3. The van der Waals surface area contributed by atoms with Crippen molar-refractivity contribution in [2.75, 3.05) is 18.5 Å². The molecule has 0 radical (unpaired) electrons. The number of benzene rings is 4. The fourth-order valence-corrected chi connectivity index (χ4v) is 5.19. The zero-order chi connectivity index (χ0) is 26.4. The van der Waals surface area contributed by atoms with Crippen molar-refractivity contribution in [2.45, 2.75) is 19.3 Å². The molecule has 2 amide bonds. The lowest BCUT2D eigenvalue weighted by atomic mass is 9.78. The predicted molar refractivity (Wildman–Crippen MR) is 150 cm³/mol. The van der Waals surface area contributed by atoms with E-state index in [2.05, 4.69) is 11.4 Å². The molecule has 0 fully saturated rings. The molecule has 1 aliphatic rings. The van der Waals surface area contributed by atoms with Crippen LogP contribution in [0.3, 0.4) is 0 Å². The molecular formula is C32H27N3O3. The summed E-state index contributed by atoms with van der Waals surface area (Å²) in [7, 11) is 1.78. The number of para-hydroxylation sites is 1. The van der Waals surface area contributed by atoms with Crippen LogP contribution in [-0.4, -0.2) is 30.4 Å². The van der Waals surface area contributed by atoms with E-state index >= 15 is 0 Å². The van der Waals surface area contributed by atoms with Crippen LogP contribution in [0.5, 0.6) is 11.5 Å². The first-order valence-electron chi connectivity index (χ1n) is 12.6. The van der Waals surface area contributed by atoms with Gasteiger partial charge in [0.25, 0.3) is 5.91 Å². The number of fused-ring (bicyclic) bond motifs is 2. The summed E-state index contributed by atoms with van der Waals surface area (Å²) in [6, 6.07) is 28.8. The van der Waals surface area contributed by atoms with Crippen LogP contribution in [0.1, 0.15) is 28.5 Å². The third-order valence-corrected chi connectivity index (χ3v) is 7.33. The van der Waals surface area contributed by atoms with Crippen molar-refractivity contribution in [2.24, 2.45) is 0 Å². The zero-order valence-electron chi connectivity index (χ0n) is 21.5. The lowest BCUT2D eigenvalue weighted by molar-refractivity contribution is -0.123. The fourth-order valence-electron chi connectivity index (χ4n) is 5.19. The van der Waals surface area contributed by atoms with Crippen molar-refractivity contribution in [3.8, 4) is 11.5 Å². The van der Waals surface area contributed by atoms with Gasteiger partial charge in [-0.1, -0.05) is 48.0 Å². The van der Waals surface area contributed by atoms with E-state index < -0.39 is 5.41 Å². The molecule has 188 valence electrons. The SMILES string of the molecule is Cc1ccc(C(=O)NCC2(C)C(=O)N(C)c3cccc4c3c2nc2cc(Oc3ccccc3)ccc24)cc1. The van der Waals surface area contributed by atoms with Crippen LogP contribution in [-0.2, 0) is 10.2 Å². The Hall–Kier alpha value is -4.71. The maximum atomic E-state index is 13.8. The van der Waals surface area contributed by atoms with E-state index in [1.807, 2.05) is 86.6 Å². The van der Waals surface area contributed by atoms with Gasteiger partial charge in [0.2, 0.25) is 5.91 Å². The number of nitrogens with one attached hydrogen (secondary N) is 1. The number of aromatic nitrogens is 1. The first kappa shape index (κ1) is 23.7. The molecule has 6 heteroatoms. The molecule has 0 bridgehead atoms. The minimum Gasteiger partial charge on any atom is -0.457 e. The Morgan fingerprint density at radius 1 is 0.921 bits per heavy atom. The second-order valence-corrected chi connectivity index (χ2v) is 10.00. The van der Waals surface area contributed by atoms with E-state index in [4.69, 9.17) is 9.72 Å². The summed E-state index contributed by atoms with van der Waals surface area (Å²) in [5, 5.41) is 5.89. The number of pyridine rings is 1. The van der Waals surface area contributed by atoms with Gasteiger partial charge in [0.1, 0.15) is 16.9 Å². The molecular weight excluding hydrogens is 474 g/mol. The summed E-state index contributed by atoms with van der Waals surface area (Å²) >= 11 is 0. The Morgan fingerprint density at radius 3 is 2.45 bits per heavy atom. The van der Waals surface area contributed by atoms with Gasteiger partial charge in [0, 0.05) is 36.0 Å². The summed E-state index contributed by atoms with van der Waals surface area (Å²) < 4.78 is 6.06. The van der Waals surface area contributed by atoms with Gasteiger partial charge in [0.15, 0.2) is 0 Å². The maximum absolute atomic E-state index is 13.8. The molecule has 1 aromatic heterocycles. The van der Waals surface area contributed by atoms with Crippen LogP contribution >= 0.6 is 0 Å². The minimum atomic E-state index is -1.06. The van der Waals surface area contributed by atoms with Gasteiger partial charge in [0.05, 0.1) is 16.9 Å². The molecule has 1 N–H and O–H groups in total. The van der Waals surface area contributed by atoms with Crippen molar-refractivity contribution in [3.05, 3.63) is 108 Å². The van der Waals surface area contributed by atoms with Crippen LogP contribution in [0.15, 0.2) is 91.0 Å². The molecule has 5 aromatic rings. The maximum Gasteiger partial charge on any atom is 0.251 e. The first-order valence-corrected chi connectivity index (χ1v) is 12.6. The minimum absolute atomic E-state index is 0.116. The van der Waals surface area contributed by atoms with Crippen LogP contribution in [0, 0.1) is 6.92 Å². The van der Waals surface area contributed by atoms with Gasteiger partial charge in [-0.3, -0.25) is 14.6 Å². The topological polar surface area (TPSA) is 71.5 Å². The predicted octanol–water partition coefficient (Wildman–Crippen LogP) is 6.15. The van der Waals surface area contributed by atoms with Gasteiger partial charge in [-0.05, 0) is 61.7 Å². The van der Waals surface area contributed by atoms with E-state index in [-0.39, 0.29) is 18.4 Å². The molecule has 38 heavy (non-hydrogen) atoms. The third kappa shape index (κ3) is 3.86. The summed E-state index contributed by atoms with van der Waals surface area (Å²) in [5.74, 6) is 1.05. The summed E-state index contributed by atoms with van der Waals surface area (Å²) in [6.07, 6.45) is 0. The van der Waals surface area contributed by atoms with Gasteiger partial charge in [-0.15, -0.1) is 0 Å². The van der Waals surface area contributed by atoms with E-state index in [1.54, 1.807) is 24.1 Å². The van der Waals surface area contributed by atoms with E-state index in [1.165, 1.54) is 0 Å². The molecule has 0 saturated carbocycles. The average molecular weight is 502 g/mol. The summed E-state index contributed by atoms with van der Waals surface area (Å²) in [6.45, 7) is 3.95. The quantitative estimate of drug-likeness (QED) is 0.293. The molecule has 6 rings (SSSR count). The molecule has 0 aliphatic carbocycles. The van der Waals surface area contributed by atoms with Crippen LogP contribution in [0.2, 0.25) is 0 Å². The van der Waals surface area contributed by atoms with Gasteiger partial charge in [-0.25, -0.2) is 0 Å². The second-order valence-electron chi connectivity index (χ2n) is 10.00. The van der Waals surface area contributed by atoms with Crippen molar-refractivity contribution >= 4 is 39.2 Å². The lowest BCUT2D eigenvalue weighted by Crippen LogP contribution is -2.53. The highest BCUT2D eigenvalue weighted by Crippen LogP contribution is 2.44. The highest BCUT2D eigenvalue weighted by Gasteiger charge is 2.45. The van der Waals surface area contributed by atoms with E-state index in [9.17, 15) is 9.59 Å². The summed E-state index contributed by atoms with van der Waals surface area (Å²) in [5.41, 5.74) is 2.75. The van der Waals surface area contributed by atoms with Crippen molar-refractivity contribution in [3.63, 3.8) is 0 Å². The summed E-state index contributed by atoms with van der Waals surface area (Å²) in [4.78, 5) is 33.5. The Balaban J connectivity index is 1.45. The number of carbonyl (C=O) groups is 2. The Bertz CT molecular complexity index is 1710. The number of aryl methyl sites for hydroxylation is 1. The van der Waals surface area contributed by atoms with E-state index in [0.717, 1.165) is 38.7 Å². The number of amides is 2.